The van der Waals surface area contributed by atoms with Crippen LogP contribution in [0.5, 0.6) is 0 Å². The van der Waals surface area contributed by atoms with Gasteiger partial charge in [0.1, 0.15) is 6.10 Å². The Labute approximate surface area is 266 Å². The minimum Gasteiger partial charge on any atom is -0.446 e. The fourth-order valence-electron chi connectivity index (χ4n) is 7.44. The molecule has 2 saturated heterocycles. The third-order valence-electron chi connectivity index (χ3n) is 10.5. The largest absolute Gasteiger partial charge is 0.446 e. The second-order valence-electron chi connectivity index (χ2n) is 15.3. The van der Waals surface area contributed by atoms with Gasteiger partial charge in [-0.25, -0.2) is 4.79 Å². The van der Waals surface area contributed by atoms with Crippen LogP contribution in [0.4, 0.5) is 4.79 Å². The summed E-state index contributed by atoms with van der Waals surface area (Å²) in [5.74, 6) is -1.73. The highest BCUT2D eigenvalue weighted by Gasteiger charge is 2.52. The average molecular weight is 631 g/mol. The number of carbonyl (C=O) groups is 4. The summed E-state index contributed by atoms with van der Waals surface area (Å²) >= 11 is 0. The summed E-state index contributed by atoms with van der Waals surface area (Å²) in [5.41, 5.74) is 0.663. The first kappa shape index (κ1) is 33.8. The van der Waals surface area contributed by atoms with Crippen LogP contribution in [0.25, 0.3) is 0 Å². The van der Waals surface area contributed by atoms with Crippen molar-refractivity contribution in [1.82, 2.24) is 9.80 Å². The van der Waals surface area contributed by atoms with Gasteiger partial charge in [0.2, 0.25) is 17.5 Å². The zero-order valence-corrected chi connectivity index (χ0v) is 28.0. The molecule has 2 saturated carbocycles. The lowest BCUT2D eigenvalue weighted by molar-refractivity contribution is -0.663. The van der Waals surface area contributed by atoms with Gasteiger partial charge in [-0.3, -0.25) is 14.4 Å². The van der Waals surface area contributed by atoms with Crippen LogP contribution in [0.1, 0.15) is 106 Å². The fraction of sp³-hybridized carbons (Fsp3) is 0.765. The van der Waals surface area contributed by atoms with E-state index < -0.39 is 23.1 Å². The summed E-state index contributed by atoms with van der Waals surface area (Å²) in [6, 6.07) is 0. The Hall–Kier alpha value is -2.60. The van der Waals surface area contributed by atoms with E-state index in [1.165, 1.54) is 6.08 Å². The third kappa shape index (κ3) is 7.21. The molecule has 2 heterocycles. The molecule has 0 bridgehead atoms. The second-order valence-corrected chi connectivity index (χ2v) is 15.3. The second kappa shape index (κ2) is 12.5. The number of ketones is 2. The van der Waals surface area contributed by atoms with Gasteiger partial charge < -0.3 is 14.5 Å². The first-order chi connectivity index (χ1) is 21.0. The SMILES string of the molecule is CC1=CC(=O)C(C(C)(C)CC(=O)N2CCN(C(=O)OC3CCC4(CC3)OOC3(CCC(C(C)(C)C)CC3)OO4)CC2)=C(C)C1=O. The van der Waals surface area contributed by atoms with E-state index >= 15 is 0 Å². The molecule has 11 heteroatoms. The Balaban J connectivity index is 1.04. The van der Waals surface area contributed by atoms with Gasteiger partial charge in [-0.2, -0.15) is 19.6 Å². The summed E-state index contributed by atoms with van der Waals surface area (Å²) in [7, 11) is 0. The minimum atomic E-state index is -0.992. The molecule has 2 aliphatic heterocycles. The lowest BCUT2D eigenvalue weighted by atomic mass is 9.71. The molecule has 0 N–H and O–H groups in total. The van der Waals surface area contributed by atoms with E-state index in [1.54, 1.807) is 23.6 Å². The Morgan fingerprint density at radius 2 is 1.31 bits per heavy atom. The van der Waals surface area contributed by atoms with Crippen LogP contribution in [-0.4, -0.2) is 77.2 Å². The number of piperazine rings is 1. The highest BCUT2D eigenvalue weighted by atomic mass is 17.4. The van der Waals surface area contributed by atoms with Crippen molar-refractivity contribution in [2.75, 3.05) is 26.2 Å². The lowest BCUT2D eigenvalue weighted by Gasteiger charge is -2.48. The molecular formula is C34H50N2O9. The molecule has 45 heavy (non-hydrogen) atoms. The summed E-state index contributed by atoms with van der Waals surface area (Å²) in [5, 5.41) is 0. The molecule has 0 atom stereocenters. The number of ether oxygens (including phenoxy) is 1. The highest BCUT2D eigenvalue weighted by Crippen LogP contribution is 2.48. The first-order valence-corrected chi connectivity index (χ1v) is 16.5. The number of nitrogens with zero attached hydrogens (tertiary/aromatic N) is 2. The Kier molecular flexibility index (Phi) is 9.41. The van der Waals surface area contributed by atoms with E-state index in [2.05, 4.69) is 20.8 Å². The molecule has 0 aromatic carbocycles. The van der Waals surface area contributed by atoms with Crippen LogP contribution >= 0.6 is 0 Å². The number of hydrogen-bond acceptors (Lipinski definition) is 9. The van der Waals surface area contributed by atoms with Crippen LogP contribution in [0, 0.1) is 16.7 Å². The number of allylic oxidation sites excluding steroid dienone is 4. The van der Waals surface area contributed by atoms with Crippen molar-refractivity contribution in [2.45, 2.75) is 124 Å². The monoisotopic (exact) mass is 630 g/mol. The topological polar surface area (TPSA) is 121 Å². The fourth-order valence-corrected chi connectivity index (χ4v) is 7.44. The molecule has 11 nitrogen and oxygen atoms in total. The van der Waals surface area contributed by atoms with Crippen molar-refractivity contribution >= 4 is 23.6 Å². The first-order valence-electron chi connectivity index (χ1n) is 16.5. The minimum absolute atomic E-state index is 0.0932. The molecule has 5 aliphatic rings. The van der Waals surface area contributed by atoms with Crippen molar-refractivity contribution in [2.24, 2.45) is 16.7 Å². The van der Waals surface area contributed by atoms with Gasteiger partial charge in [0.15, 0.2) is 11.6 Å². The zero-order valence-electron chi connectivity index (χ0n) is 28.0. The molecule has 5 rings (SSSR count). The third-order valence-corrected chi connectivity index (χ3v) is 10.5. The molecule has 4 fully saturated rings. The predicted molar refractivity (Wildman–Crippen MR) is 163 cm³/mol. The smallest absolute Gasteiger partial charge is 0.410 e. The van der Waals surface area contributed by atoms with Gasteiger partial charge in [0.05, 0.1) is 0 Å². The molecule has 0 aromatic rings. The molecule has 2 spiro atoms. The molecular weight excluding hydrogens is 580 g/mol. The lowest BCUT2D eigenvalue weighted by Crippen LogP contribution is -2.54. The quantitative estimate of drug-likeness (QED) is 0.290. The highest BCUT2D eigenvalue weighted by molar-refractivity contribution is 6.22. The Morgan fingerprint density at radius 1 is 0.822 bits per heavy atom. The van der Waals surface area contributed by atoms with E-state index in [0.29, 0.717) is 74.5 Å². The maximum absolute atomic E-state index is 13.2. The van der Waals surface area contributed by atoms with Crippen LogP contribution in [0.3, 0.4) is 0 Å². The van der Waals surface area contributed by atoms with E-state index in [0.717, 1.165) is 25.7 Å². The predicted octanol–water partition coefficient (Wildman–Crippen LogP) is 5.58. The van der Waals surface area contributed by atoms with Gasteiger partial charge in [-0.15, -0.1) is 0 Å². The summed E-state index contributed by atoms with van der Waals surface area (Å²) in [4.78, 5) is 78.2. The maximum atomic E-state index is 13.2. The molecule has 0 radical (unpaired) electrons. The molecule has 0 aromatic heterocycles. The van der Waals surface area contributed by atoms with Gasteiger partial charge in [0, 0.05) is 80.4 Å². The van der Waals surface area contributed by atoms with Gasteiger partial charge in [-0.05, 0) is 56.9 Å². The number of rotatable bonds is 4. The Morgan fingerprint density at radius 3 is 1.82 bits per heavy atom. The van der Waals surface area contributed by atoms with E-state index in [1.807, 2.05) is 13.8 Å². The van der Waals surface area contributed by atoms with Crippen molar-refractivity contribution in [3.8, 4) is 0 Å². The Bertz CT molecular complexity index is 1240. The number of amides is 2. The summed E-state index contributed by atoms with van der Waals surface area (Å²) in [6.45, 7) is 15.2. The van der Waals surface area contributed by atoms with Crippen LogP contribution in [0.2, 0.25) is 0 Å². The van der Waals surface area contributed by atoms with Crippen molar-refractivity contribution < 1.29 is 43.5 Å². The van der Waals surface area contributed by atoms with Crippen LogP contribution in [0.15, 0.2) is 22.8 Å². The number of carbonyl (C=O) groups excluding carboxylic acids is 4. The maximum Gasteiger partial charge on any atom is 0.410 e. The van der Waals surface area contributed by atoms with E-state index in [4.69, 9.17) is 24.3 Å². The number of Topliss-reactive ketones (excluding diaryl/α,β-unsaturated/α-hetero) is 1. The average Bonchev–Trinajstić information content (AvgIpc) is 2.98. The van der Waals surface area contributed by atoms with Crippen molar-refractivity contribution in [3.63, 3.8) is 0 Å². The zero-order chi connectivity index (χ0) is 32.8. The van der Waals surface area contributed by atoms with Crippen molar-refractivity contribution in [3.05, 3.63) is 22.8 Å². The number of hydrogen-bond donors (Lipinski definition) is 0. The molecule has 3 aliphatic carbocycles. The van der Waals surface area contributed by atoms with Gasteiger partial charge >= 0.3 is 6.09 Å². The van der Waals surface area contributed by atoms with Crippen molar-refractivity contribution in [1.29, 1.82) is 0 Å². The molecule has 2 amide bonds. The summed E-state index contributed by atoms with van der Waals surface area (Å²) < 4.78 is 5.83. The van der Waals surface area contributed by atoms with Gasteiger partial charge in [-0.1, -0.05) is 34.6 Å². The normalized spacial score (nSPS) is 31.8. The van der Waals surface area contributed by atoms with Gasteiger partial charge in [0.25, 0.3) is 0 Å². The van der Waals surface area contributed by atoms with Crippen LogP contribution in [-0.2, 0) is 38.7 Å². The molecule has 250 valence electrons. The standard InChI is InChI=1S/C34H50N2O9/c1-22-20-26(37)28(23(2)29(22)39)32(6,7)21-27(38)35-16-18-36(19-17-35)30(40)41-25-10-14-34(15-11-25)44-42-33(43-45-34)12-8-24(9-13-33)31(3,4)5/h20,24-25H,8-19,21H2,1-7H3. The summed E-state index contributed by atoms with van der Waals surface area (Å²) in [6.07, 6.45) is 6.24. The van der Waals surface area contributed by atoms with E-state index in [9.17, 15) is 19.2 Å². The van der Waals surface area contributed by atoms with Crippen LogP contribution < -0.4 is 0 Å². The molecule has 0 unspecified atom stereocenters. The van der Waals surface area contributed by atoms with E-state index in [-0.39, 0.29) is 35.4 Å².